The van der Waals surface area contributed by atoms with E-state index in [2.05, 4.69) is 0 Å². The van der Waals surface area contributed by atoms with Gasteiger partial charge < -0.3 is 29.9 Å². The molecule has 17 heavy (non-hydrogen) atoms. The maximum atomic E-state index is 10.7. The molecule has 5 N–H and O–H groups in total. The molecule has 0 amide bonds. The first-order valence-corrected chi connectivity index (χ1v) is 4.87. The zero-order valence-corrected chi connectivity index (χ0v) is 9.07. The Bertz CT molecular complexity index is 397. The maximum absolute atomic E-state index is 10.7. The summed E-state index contributed by atoms with van der Waals surface area (Å²) < 4.78 is 4.97. The van der Waals surface area contributed by atoms with Crippen LogP contribution in [0.25, 0.3) is 0 Å². The highest BCUT2D eigenvalue weighted by Crippen LogP contribution is 2.24. The van der Waals surface area contributed by atoms with Crippen molar-refractivity contribution < 1.29 is 34.7 Å². The number of aromatic carboxylic acids is 1. The summed E-state index contributed by atoms with van der Waals surface area (Å²) in [5.74, 6) is -1.32. The van der Waals surface area contributed by atoms with Gasteiger partial charge in [-0.2, -0.15) is 0 Å². The molecule has 96 valence electrons. The van der Waals surface area contributed by atoms with Gasteiger partial charge in [-0.05, 0) is 13.0 Å². The summed E-state index contributed by atoms with van der Waals surface area (Å²) in [5, 5.41) is 45.5. The number of aryl methyl sites for hydroxylation is 1. The molecule has 0 fully saturated rings. The smallest absolute Gasteiger partial charge is 0.339 e. The van der Waals surface area contributed by atoms with Gasteiger partial charge >= 0.3 is 5.97 Å². The average molecular weight is 246 g/mol. The highest BCUT2D eigenvalue weighted by atomic mass is 16.4. The highest BCUT2D eigenvalue weighted by molar-refractivity contribution is 5.88. The molecule has 0 unspecified atom stereocenters. The predicted molar refractivity (Wildman–Crippen MR) is 54.5 cm³/mol. The van der Waals surface area contributed by atoms with E-state index in [1.165, 1.54) is 6.92 Å². The minimum absolute atomic E-state index is 0.0808. The van der Waals surface area contributed by atoms with Gasteiger partial charge in [-0.15, -0.1) is 0 Å². The van der Waals surface area contributed by atoms with Crippen molar-refractivity contribution in [1.29, 1.82) is 0 Å². The van der Waals surface area contributed by atoms with Gasteiger partial charge in [0, 0.05) is 0 Å². The third kappa shape index (κ3) is 2.83. The van der Waals surface area contributed by atoms with Gasteiger partial charge in [0.2, 0.25) is 0 Å². The standard InChI is InChI=1S/C10H14O7/c1-4-5(10(15)16)2-7(17-4)9(14)8(13)6(12)3-11/h2,6,8-9,11-14H,3H2,1H3,(H,15,16)/t6-,8+,9-/m0/s1. The SMILES string of the molecule is Cc1oc([C@H](O)[C@H](O)[C@@H](O)CO)cc1C(=O)O. The average Bonchev–Trinajstić information content (AvgIpc) is 2.68. The number of carboxylic acid groups (broad SMARTS) is 1. The zero-order chi connectivity index (χ0) is 13.2. The molecule has 1 aromatic rings. The van der Waals surface area contributed by atoms with Crippen molar-refractivity contribution in [2.24, 2.45) is 0 Å². The molecule has 1 heterocycles. The van der Waals surface area contributed by atoms with Crippen LogP contribution in [-0.4, -0.2) is 50.3 Å². The number of hydrogen-bond acceptors (Lipinski definition) is 6. The van der Waals surface area contributed by atoms with Crippen LogP contribution in [0.2, 0.25) is 0 Å². The third-order valence-electron chi connectivity index (χ3n) is 2.36. The largest absolute Gasteiger partial charge is 0.478 e. The summed E-state index contributed by atoms with van der Waals surface area (Å²) in [7, 11) is 0. The molecule has 0 aliphatic heterocycles. The lowest BCUT2D eigenvalue weighted by molar-refractivity contribution is -0.0837. The van der Waals surface area contributed by atoms with E-state index in [0.717, 1.165) is 6.07 Å². The Morgan fingerprint density at radius 2 is 2.00 bits per heavy atom. The van der Waals surface area contributed by atoms with Crippen LogP contribution in [0, 0.1) is 6.92 Å². The number of aliphatic hydroxyl groups is 4. The molecule has 0 bridgehead atoms. The van der Waals surface area contributed by atoms with E-state index in [0.29, 0.717) is 0 Å². The summed E-state index contributed by atoms with van der Waals surface area (Å²) in [6.07, 6.45) is -4.81. The van der Waals surface area contributed by atoms with Crippen LogP contribution in [-0.2, 0) is 0 Å². The van der Waals surface area contributed by atoms with Gasteiger partial charge in [-0.3, -0.25) is 0 Å². The molecule has 0 saturated carbocycles. The zero-order valence-electron chi connectivity index (χ0n) is 9.07. The lowest BCUT2D eigenvalue weighted by Crippen LogP contribution is -2.34. The molecule has 0 saturated heterocycles. The molecular weight excluding hydrogens is 232 g/mol. The minimum Gasteiger partial charge on any atom is -0.478 e. The monoisotopic (exact) mass is 246 g/mol. The van der Waals surface area contributed by atoms with Crippen LogP contribution in [0.15, 0.2) is 10.5 Å². The first-order chi connectivity index (χ1) is 7.88. The number of carbonyl (C=O) groups is 1. The molecule has 3 atom stereocenters. The lowest BCUT2D eigenvalue weighted by atomic mass is 10.1. The second kappa shape index (κ2) is 5.28. The molecule has 0 radical (unpaired) electrons. The quantitative estimate of drug-likeness (QED) is 0.451. The predicted octanol–water partition coefficient (Wildman–Crippen LogP) is -0.966. The van der Waals surface area contributed by atoms with E-state index in [1.807, 2.05) is 0 Å². The topological polar surface area (TPSA) is 131 Å². The number of hydrogen-bond donors (Lipinski definition) is 5. The van der Waals surface area contributed by atoms with Gasteiger partial charge in [0.15, 0.2) is 0 Å². The van der Waals surface area contributed by atoms with Gasteiger partial charge in [0.1, 0.15) is 35.4 Å². The van der Waals surface area contributed by atoms with E-state index in [9.17, 15) is 15.0 Å². The number of furan rings is 1. The summed E-state index contributed by atoms with van der Waals surface area (Å²) in [6, 6.07) is 1.07. The van der Waals surface area contributed by atoms with E-state index >= 15 is 0 Å². The first-order valence-electron chi connectivity index (χ1n) is 4.87. The summed E-state index contributed by atoms with van der Waals surface area (Å²) in [6.45, 7) is 0.665. The molecule has 0 aliphatic rings. The summed E-state index contributed by atoms with van der Waals surface area (Å²) in [5.41, 5.74) is -0.135. The van der Waals surface area contributed by atoms with Crippen LogP contribution < -0.4 is 0 Å². The molecule has 0 aromatic carbocycles. The van der Waals surface area contributed by atoms with Crippen molar-refractivity contribution in [2.75, 3.05) is 6.61 Å². The van der Waals surface area contributed by atoms with Crippen LogP contribution >= 0.6 is 0 Å². The van der Waals surface area contributed by atoms with E-state index < -0.39 is 30.9 Å². The van der Waals surface area contributed by atoms with Gasteiger partial charge in [0.05, 0.1) is 6.61 Å². The fourth-order valence-corrected chi connectivity index (χ4v) is 1.35. The van der Waals surface area contributed by atoms with Gasteiger partial charge in [-0.1, -0.05) is 0 Å². The number of carboxylic acids is 1. The lowest BCUT2D eigenvalue weighted by Gasteiger charge is -2.19. The van der Waals surface area contributed by atoms with Crippen LogP contribution in [0.3, 0.4) is 0 Å². The van der Waals surface area contributed by atoms with Crippen molar-refractivity contribution in [3.63, 3.8) is 0 Å². The Kier molecular flexibility index (Phi) is 4.24. The normalized spacial score (nSPS) is 16.5. The molecule has 7 heteroatoms. The molecule has 0 spiro atoms. The van der Waals surface area contributed by atoms with Crippen molar-refractivity contribution in [1.82, 2.24) is 0 Å². The molecule has 7 nitrogen and oxygen atoms in total. The maximum Gasteiger partial charge on any atom is 0.339 e. The van der Waals surface area contributed by atoms with Crippen molar-refractivity contribution in [3.8, 4) is 0 Å². The molecular formula is C10H14O7. The van der Waals surface area contributed by atoms with Crippen molar-refractivity contribution >= 4 is 5.97 Å². The second-order valence-corrected chi connectivity index (χ2v) is 3.61. The van der Waals surface area contributed by atoms with Crippen LogP contribution in [0.5, 0.6) is 0 Å². The number of aliphatic hydroxyl groups excluding tert-OH is 4. The van der Waals surface area contributed by atoms with Crippen LogP contribution in [0.1, 0.15) is 28.0 Å². The summed E-state index contributed by atoms with van der Waals surface area (Å²) >= 11 is 0. The number of rotatable bonds is 5. The minimum atomic E-state index is -1.66. The Hall–Kier alpha value is -1.41. The third-order valence-corrected chi connectivity index (χ3v) is 2.36. The van der Waals surface area contributed by atoms with E-state index in [1.54, 1.807) is 0 Å². The van der Waals surface area contributed by atoms with Crippen LogP contribution in [0.4, 0.5) is 0 Å². The van der Waals surface area contributed by atoms with Gasteiger partial charge in [0.25, 0.3) is 0 Å². The van der Waals surface area contributed by atoms with Crippen molar-refractivity contribution in [2.45, 2.75) is 25.2 Å². The van der Waals surface area contributed by atoms with E-state index in [-0.39, 0.29) is 17.1 Å². The highest BCUT2D eigenvalue weighted by Gasteiger charge is 2.29. The molecule has 1 rings (SSSR count). The Morgan fingerprint density at radius 1 is 1.41 bits per heavy atom. The Labute approximate surface area is 96.5 Å². The Balaban J connectivity index is 2.93. The Morgan fingerprint density at radius 3 is 2.41 bits per heavy atom. The summed E-state index contributed by atoms with van der Waals surface area (Å²) in [4.78, 5) is 10.7. The first kappa shape index (κ1) is 13.7. The van der Waals surface area contributed by atoms with E-state index in [4.69, 9.17) is 19.7 Å². The second-order valence-electron chi connectivity index (χ2n) is 3.61. The van der Waals surface area contributed by atoms with Gasteiger partial charge in [-0.25, -0.2) is 4.79 Å². The van der Waals surface area contributed by atoms with Crippen molar-refractivity contribution in [3.05, 3.63) is 23.2 Å². The molecule has 1 aromatic heterocycles. The fourth-order valence-electron chi connectivity index (χ4n) is 1.35. The fraction of sp³-hybridized carbons (Fsp3) is 0.500. The molecule has 0 aliphatic carbocycles.